The second-order valence-corrected chi connectivity index (χ2v) is 12.3. The summed E-state index contributed by atoms with van der Waals surface area (Å²) in [5.41, 5.74) is -7.58. The molecule has 0 amide bonds. The van der Waals surface area contributed by atoms with Crippen molar-refractivity contribution in [1.82, 2.24) is 0 Å². The average Bonchev–Trinajstić information content (AvgIpc) is 2.75. The predicted octanol–water partition coefficient (Wildman–Crippen LogP) is 7.95. The third-order valence-corrected chi connectivity index (χ3v) is 10.1. The Bertz CT molecular complexity index is 799. The van der Waals surface area contributed by atoms with Crippen LogP contribution in [-0.4, -0.2) is 30.9 Å². The van der Waals surface area contributed by atoms with Crippen LogP contribution in [0.15, 0.2) is 0 Å². The third kappa shape index (κ3) is 4.09. The standard InChI is InChI=1S/C26H37F6NO2/c1-4-21(3,10-17(2)15-33)22-11-18-9-19(12-22)14-23(13-18,16-22)24(25(27,28)29,26(30,31)32)35-20-7-5-6-8-34-20/h17-20H,4-14,16H2,1-3H3. The van der Waals surface area contributed by atoms with E-state index in [-0.39, 0.29) is 50.0 Å². The lowest BCUT2D eigenvalue weighted by Gasteiger charge is -2.70. The molecule has 4 bridgehead atoms. The molecule has 35 heavy (non-hydrogen) atoms. The van der Waals surface area contributed by atoms with E-state index >= 15 is 0 Å². The van der Waals surface area contributed by atoms with Crippen LogP contribution in [0, 0.1) is 45.3 Å². The van der Waals surface area contributed by atoms with Gasteiger partial charge in [-0.1, -0.05) is 20.3 Å². The van der Waals surface area contributed by atoms with Crippen molar-refractivity contribution in [3.8, 4) is 6.07 Å². The van der Waals surface area contributed by atoms with Gasteiger partial charge in [-0.15, -0.1) is 0 Å². The molecule has 5 rings (SSSR count). The van der Waals surface area contributed by atoms with Gasteiger partial charge >= 0.3 is 12.4 Å². The highest BCUT2D eigenvalue weighted by Crippen LogP contribution is 2.77. The highest BCUT2D eigenvalue weighted by Gasteiger charge is 2.84. The van der Waals surface area contributed by atoms with Crippen molar-refractivity contribution in [2.24, 2.45) is 34.0 Å². The lowest BCUT2D eigenvalue weighted by molar-refractivity contribution is -0.458. The van der Waals surface area contributed by atoms with Crippen LogP contribution in [0.2, 0.25) is 0 Å². The quantitative estimate of drug-likeness (QED) is 0.327. The summed E-state index contributed by atoms with van der Waals surface area (Å²) in [6.07, 6.45) is -9.17. The van der Waals surface area contributed by atoms with Crippen LogP contribution in [0.3, 0.4) is 0 Å². The number of halogens is 6. The van der Waals surface area contributed by atoms with Crippen molar-refractivity contribution in [3.05, 3.63) is 0 Å². The molecule has 0 spiro atoms. The Balaban J connectivity index is 1.85. The first kappa shape index (κ1) is 27.0. The van der Waals surface area contributed by atoms with Gasteiger partial charge in [-0.3, -0.25) is 0 Å². The molecule has 0 aromatic heterocycles. The van der Waals surface area contributed by atoms with E-state index in [1.165, 1.54) is 0 Å². The van der Waals surface area contributed by atoms with E-state index in [1.54, 1.807) is 6.92 Å². The van der Waals surface area contributed by atoms with Crippen LogP contribution >= 0.6 is 0 Å². The average molecular weight is 510 g/mol. The summed E-state index contributed by atoms with van der Waals surface area (Å²) in [5, 5.41) is 9.47. The van der Waals surface area contributed by atoms with E-state index in [4.69, 9.17) is 9.47 Å². The second-order valence-electron chi connectivity index (χ2n) is 12.3. The Morgan fingerprint density at radius 2 is 1.57 bits per heavy atom. The maximum Gasteiger partial charge on any atom is 0.427 e. The van der Waals surface area contributed by atoms with Gasteiger partial charge < -0.3 is 9.47 Å². The predicted molar refractivity (Wildman–Crippen MR) is 117 cm³/mol. The van der Waals surface area contributed by atoms with Gasteiger partial charge in [0, 0.05) is 17.9 Å². The number of nitriles is 1. The smallest absolute Gasteiger partial charge is 0.353 e. The highest BCUT2D eigenvalue weighted by atomic mass is 19.4. The van der Waals surface area contributed by atoms with Crippen LogP contribution < -0.4 is 0 Å². The Morgan fingerprint density at radius 3 is 2.03 bits per heavy atom. The first-order valence-corrected chi connectivity index (χ1v) is 13.0. The molecular formula is C26H37F6NO2. The summed E-state index contributed by atoms with van der Waals surface area (Å²) in [6, 6.07) is 2.23. The van der Waals surface area contributed by atoms with Crippen LogP contribution in [0.5, 0.6) is 0 Å². The van der Waals surface area contributed by atoms with Crippen molar-refractivity contribution in [2.45, 2.75) is 116 Å². The summed E-state index contributed by atoms with van der Waals surface area (Å²) in [6.45, 7) is 5.81. The maximum absolute atomic E-state index is 15.0. The van der Waals surface area contributed by atoms with Gasteiger partial charge in [-0.05, 0) is 93.8 Å². The zero-order valence-electron chi connectivity index (χ0n) is 20.8. The van der Waals surface area contributed by atoms with E-state index in [1.807, 2.05) is 13.8 Å². The fraction of sp³-hybridized carbons (Fsp3) is 0.962. The van der Waals surface area contributed by atoms with Crippen molar-refractivity contribution in [2.75, 3.05) is 6.61 Å². The topological polar surface area (TPSA) is 42.2 Å². The summed E-state index contributed by atoms with van der Waals surface area (Å²) in [7, 11) is 0. The Morgan fingerprint density at radius 1 is 1.00 bits per heavy atom. The van der Waals surface area contributed by atoms with Gasteiger partial charge in [0.1, 0.15) is 0 Å². The van der Waals surface area contributed by atoms with Gasteiger partial charge in [0.2, 0.25) is 0 Å². The van der Waals surface area contributed by atoms with E-state index in [2.05, 4.69) is 6.07 Å². The zero-order valence-corrected chi connectivity index (χ0v) is 20.8. The van der Waals surface area contributed by atoms with E-state index in [9.17, 15) is 31.6 Å². The van der Waals surface area contributed by atoms with Gasteiger partial charge in [0.25, 0.3) is 5.60 Å². The van der Waals surface area contributed by atoms with Crippen LogP contribution in [0.1, 0.15) is 91.4 Å². The lowest BCUT2D eigenvalue weighted by atomic mass is 9.35. The molecule has 5 unspecified atom stereocenters. The lowest BCUT2D eigenvalue weighted by Crippen LogP contribution is -2.75. The van der Waals surface area contributed by atoms with Crippen molar-refractivity contribution < 1.29 is 35.8 Å². The van der Waals surface area contributed by atoms with Crippen molar-refractivity contribution in [1.29, 1.82) is 5.26 Å². The molecule has 0 N–H and O–H groups in total. The SMILES string of the molecule is CCC(C)(CC(C)C#N)C12CC3CC(C1)CC(C(OC1CCCCO1)(C(F)(F)F)C(F)(F)F)(C3)C2. The Kier molecular flexibility index (Phi) is 6.79. The summed E-state index contributed by atoms with van der Waals surface area (Å²) < 4.78 is 100. The number of nitrogens with zero attached hydrogens (tertiary/aromatic N) is 1. The zero-order chi connectivity index (χ0) is 25.9. The molecule has 0 aromatic carbocycles. The van der Waals surface area contributed by atoms with E-state index < -0.39 is 40.5 Å². The second kappa shape index (κ2) is 8.79. The molecule has 0 aromatic rings. The minimum atomic E-state index is -5.64. The molecule has 9 heteroatoms. The fourth-order valence-electron chi connectivity index (χ4n) is 8.86. The molecule has 1 heterocycles. The van der Waals surface area contributed by atoms with E-state index in [0.717, 1.165) is 0 Å². The minimum absolute atomic E-state index is 0.0222. The normalized spacial score (nSPS) is 38.1. The first-order valence-electron chi connectivity index (χ1n) is 13.0. The molecule has 5 aliphatic rings. The van der Waals surface area contributed by atoms with Crippen molar-refractivity contribution >= 4 is 0 Å². The largest absolute Gasteiger partial charge is 0.427 e. The van der Waals surface area contributed by atoms with Gasteiger partial charge in [-0.25, -0.2) is 0 Å². The van der Waals surface area contributed by atoms with Gasteiger partial charge in [-0.2, -0.15) is 31.6 Å². The van der Waals surface area contributed by atoms with E-state index in [0.29, 0.717) is 44.9 Å². The van der Waals surface area contributed by atoms with Gasteiger partial charge in [0.05, 0.1) is 6.07 Å². The molecule has 5 fully saturated rings. The number of rotatable bonds is 7. The van der Waals surface area contributed by atoms with Crippen LogP contribution in [0.4, 0.5) is 26.3 Å². The molecule has 200 valence electrons. The molecule has 1 saturated heterocycles. The minimum Gasteiger partial charge on any atom is -0.353 e. The molecule has 5 atom stereocenters. The van der Waals surface area contributed by atoms with Crippen LogP contribution in [0.25, 0.3) is 0 Å². The molecule has 1 aliphatic heterocycles. The number of hydrogen-bond donors (Lipinski definition) is 0. The first-order chi connectivity index (χ1) is 16.2. The molecular weight excluding hydrogens is 472 g/mol. The van der Waals surface area contributed by atoms with Gasteiger partial charge in [0.15, 0.2) is 6.29 Å². The molecule has 4 saturated carbocycles. The summed E-state index contributed by atoms with van der Waals surface area (Å²) >= 11 is 0. The highest BCUT2D eigenvalue weighted by molar-refractivity contribution is 5.21. The monoisotopic (exact) mass is 509 g/mol. The number of hydrogen-bond acceptors (Lipinski definition) is 3. The summed E-state index contributed by atoms with van der Waals surface area (Å²) in [4.78, 5) is 0. The summed E-state index contributed by atoms with van der Waals surface area (Å²) in [5.74, 6) is -0.746. The number of ether oxygens (including phenoxy) is 2. The Hall–Kier alpha value is -1.01. The fourth-order valence-corrected chi connectivity index (χ4v) is 8.86. The van der Waals surface area contributed by atoms with Crippen molar-refractivity contribution in [3.63, 3.8) is 0 Å². The molecule has 4 aliphatic carbocycles. The maximum atomic E-state index is 15.0. The molecule has 0 radical (unpaired) electrons. The molecule has 3 nitrogen and oxygen atoms in total. The third-order valence-electron chi connectivity index (χ3n) is 10.1. The Labute approximate surface area is 203 Å². The van der Waals surface area contributed by atoms with Crippen LogP contribution in [-0.2, 0) is 9.47 Å². The number of alkyl halides is 6.